The second-order valence-corrected chi connectivity index (χ2v) is 11.1. The monoisotopic (exact) mass is 549 g/mol. The molecule has 204 valence electrons. The number of benzene rings is 3. The van der Waals surface area contributed by atoms with Gasteiger partial charge in [-0.05, 0) is 102 Å². The van der Waals surface area contributed by atoms with E-state index in [0.29, 0.717) is 6.42 Å². The normalized spacial score (nSPS) is 17.6. The summed E-state index contributed by atoms with van der Waals surface area (Å²) < 4.78 is 31.5. The number of aryl methyl sites for hydroxylation is 2. The molecule has 39 heavy (non-hydrogen) atoms. The zero-order valence-electron chi connectivity index (χ0n) is 22.2. The highest BCUT2D eigenvalue weighted by molar-refractivity contribution is 7.27. The smallest absolute Gasteiger partial charge is 0.379 e. The van der Waals surface area contributed by atoms with Crippen molar-refractivity contribution in [3.63, 3.8) is 0 Å². The lowest BCUT2D eigenvalue weighted by atomic mass is 9.87. The van der Waals surface area contributed by atoms with Crippen molar-refractivity contribution in [1.29, 1.82) is 0 Å². The first-order chi connectivity index (χ1) is 19.0. The molecule has 7 heteroatoms. The molecule has 1 aliphatic carbocycles. The minimum atomic E-state index is -0.977. The van der Waals surface area contributed by atoms with Gasteiger partial charge in [0, 0.05) is 24.2 Å². The van der Waals surface area contributed by atoms with Gasteiger partial charge in [0.2, 0.25) is 0 Å². The molecule has 1 heterocycles. The van der Waals surface area contributed by atoms with E-state index >= 15 is 0 Å². The fourth-order valence-electron chi connectivity index (χ4n) is 5.79. The number of carbonyl (C=O) groups excluding carboxylic acids is 1. The van der Waals surface area contributed by atoms with Gasteiger partial charge in [-0.2, -0.15) is 0 Å². The van der Waals surface area contributed by atoms with Gasteiger partial charge in [0.05, 0.1) is 12.2 Å². The van der Waals surface area contributed by atoms with Crippen LogP contribution in [0.15, 0.2) is 60.7 Å². The molecular formula is C32H34F2NO3P. The van der Waals surface area contributed by atoms with Gasteiger partial charge in [0.1, 0.15) is 11.9 Å². The summed E-state index contributed by atoms with van der Waals surface area (Å²) in [5.41, 5.74) is 8.04. The second kappa shape index (κ2) is 12.4. The summed E-state index contributed by atoms with van der Waals surface area (Å²) in [6.07, 6.45) is 4.15. The predicted octanol–water partition coefficient (Wildman–Crippen LogP) is 6.64. The molecule has 0 bridgehead atoms. The van der Waals surface area contributed by atoms with Crippen molar-refractivity contribution >= 4 is 31.7 Å². The third-order valence-electron chi connectivity index (χ3n) is 7.67. The Kier molecular flexibility index (Phi) is 8.74. The number of allylic oxidation sites excluding steroid dienone is 1. The summed E-state index contributed by atoms with van der Waals surface area (Å²) >= 11 is 0. The van der Waals surface area contributed by atoms with Gasteiger partial charge in [-0.1, -0.05) is 42.0 Å². The topological polar surface area (TPSA) is 38.8 Å². The summed E-state index contributed by atoms with van der Waals surface area (Å²) in [6.45, 7) is 4.32. The van der Waals surface area contributed by atoms with Gasteiger partial charge in [-0.3, -0.25) is 9.29 Å². The summed E-state index contributed by atoms with van der Waals surface area (Å²) in [4.78, 5) is 17.7. The van der Waals surface area contributed by atoms with E-state index in [0.717, 1.165) is 78.6 Å². The lowest BCUT2D eigenvalue weighted by molar-refractivity contribution is -0.0788. The number of halogens is 2. The van der Waals surface area contributed by atoms with Crippen LogP contribution in [0.4, 0.5) is 8.92 Å². The molecule has 0 N–H and O–H groups in total. The summed E-state index contributed by atoms with van der Waals surface area (Å²) in [7, 11) is 2.88. The average Bonchev–Trinajstić information content (AvgIpc) is 3.30. The molecule has 0 radical (unpaired) electrons. The van der Waals surface area contributed by atoms with Gasteiger partial charge < -0.3 is 4.74 Å². The molecule has 0 saturated carbocycles. The maximum Gasteiger partial charge on any atom is 0.379 e. The fourth-order valence-corrected chi connectivity index (χ4v) is 6.32. The standard InChI is InChI=1S/C32H34F2NO3P/c1-21-6-12-28(30(39)18-21)29-5-2-4-23-19-24(32(36)38-34)9-13-27(23)31(29)22-7-10-25(11-8-22)37-26-14-17-35(20-26)16-3-15-33/h6-13,18-19,26H,2-5,14-17,20,39H2,1H3. The van der Waals surface area contributed by atoms with Gasteiger partial charge in [-0.25, -0.2) is 9.74 Å². The molecule has 4 nitrogen and oxygen atoms in total. The van der Waals surface area contributed by atoms with Crippen LogP contribution in [0.5, 0.6) is 5.75 Å². The molecule has 0 aromatic heterocycles. The summed E-state index contributed by atoms with van der Waals surface area (Å²) in [5.74, 6) is -0.162. The van der Waals surface area contributed by atoms with Crippen LogP contribution in [0.2, 0.25) is 0 Å². The lowest BCUT2D eigenvalue weighted by Gasteiger charge is -2.19. The number of fused-ring (bicyclic) bond motifs is 1. The zero-order valence-corrected chi connectivity index (χ0v) is 23.4. The first-order valence-electron chi connectivity index (χ1n) is 13.6. The maximum atomic E-state index is 12.7. The molecule has 2 unspecified atom stereocenters. The van der Waals surface area contributed by atoms with Crippen molar-refractivity contribution in [2.75, 3.05) is 26.3 Å². The molecule has 1 saturated heterocycles. The molecule has 2 atom stereocenters. The molecule has 3 aromatic carbocycles. The average molecular weight is 550 g/mol. The van der Waals surface area contributed by atoms with Crippen molar-refractivity contribution in [3.05, 3.63) is 94.0 Å². The molecule has 2 aliphatic rings. The molecule has 3 aromatic rings. The third-order valence-corrected chi connectivity index (χ3v) is 8.15. The van der Waals surface area contributed by atoms with Gasteiger partial charge >= 0.3 is 5.97 Å². The Morgan fingerprint density at radius 2 is 1.85 bits per heavy atom. The van der Waals surface area contributed by atoms with E-state index in [9.17, 15) is 13.7 Å². The van der Waals surface area contributed by atoms with Gasteiger partial charge in [-0.15, -0.1) is 9.24 Å². The highest BCUT2D eigenvalue weighted by Gasteiger charge is 2.25. The van der Waals surface area contributed by atoms with E-state index in [1.54, 1.807) is 12.1 Å². The van der Waals surface area contributed by atoms with Crippen LogP contribution >= 0.6 is 9.24 Å². The molecule has 1 aliphatic heterocycles. The molecule has 0 spiro atoms. The number of hydrogen-bond donors (Lipinski definition) is 0. The van der Waals surface area contributed by atoms with E-state index in [4.69, 9.17) is 4.74 Å². The number of carbonyl (C=O) groups is 1. The molecular weight excluding hydrogens is 515 g/mol. The van der Waals surface area contributed by atoms with E-state index in [1.165, 1.54) is 16.7 Å². The van der Waals surface area contributed by atoms with Crippen LogP contribution in [-0.2, 0) is 11.4 Å². The van der Waals surface area contributed by atoms with Crippen LogP contribution in [0.1, 0.15) is 63.9 Å². The minimum Gasteiger partial charge on any atom is -0.489 e. The molecule has 0 amide bonds. The van der Waals surface area contributed by atoms with Crippen molar-refractivity contribution < 1.29 is 23.4 Å². The quantitative estimate of drug-likeness (QED) is 0.295. The van der Waals surface area contributed by atoms with Crippen molar-refractivity contribution in [1.82, 2.24) is 4.90 Å². The van der Waals surface area contributed by atoms with Crippen LogP contribution < -0.4 is 10.0 Å². The number of likely N-dealkylation sites (tertiary alicyclic amines) is 1. The number of hydrogen-bond acceptors (Lipinski definition) is 4. The Balaban J connectivity index is 1.51. The van der Waals surface area contributed by atoms with E-state index in [2.05, 4.69) is 56.3 Å². The van der Waals surface area contributed by atoms with E-state index in [1.807, 2.05) is 18.2 Å². The molecule has 1 fully saturated rings. The summed E-state index contributed by atoms with van der Waals surface area (Å²) in [6, 6.07) is 20.0. The summed E-state index contributed by atoms with van der Waals surface area (Å²) in [5, 5.41) is 1.14. The van der Waals surface area contributed by atoms with Crippen LogP contribution in [0.25, 0.3) is 11.1 Å². The SMILES string of the molecule is Cc1ccc(C2=C(c3ccc(OC4CCN(CCCF)C4)cc3)c3ccc(C(=O)OF)cc3CCC2)c(P)c1. The Morgan fingerprint density at radius 1 is 1.05 bits per heavy atom. The lowest BCUT2D eigenvalue weighted by Crippen LogP contribution is -2.26. The highest BCUT2D eigenvalue weighted by Crippen LogP contribution is 2.40. The number of ether oxygens (including phenoxy) is 1. The fraction of sp³-hybridized carbons (Fsp3) is 0.344. The first-order valence-corrected chi connectivity index (χ1v) is 14.2. The van der Waals surface area contributed by atoms with E-state index in [-0.39, 0.29) is 18.3 Å². The number of rotatable bonds is 8. The van der Waals surface area contributed by atoms with Crippen molar-refractivity contribution in [2.45, 2.75) is 45.1 Å². The number of nitrogens with zero attached hydrogens (tertiary/aromatic N) is 1. The first kappa shape index (κ1) is 27.5. The Bertz CT molecular complexity index is 1370. The maximum absolute atomic E-state index is 12.7. The van der Waals surface area contributed by atoms with Crippen LogP contribution in [0, 0.1) is 6.92 Å². The van der Waals surface area contributed by atoms with Crippen LogP contribution in [0.3, 0.4) is 0 Å². The van der Waals surface area contributed by atoms with Crippen molar-refractivity contribution in [2.24, 2.45) is 0 Å². The Labute approximate surface area is 231 Å². The van der Waals surface area contributed by atoms with Crippen LogP contribution in [-0.4, -0.2) is 43.3 Å². The van der Waals surface area contributed by atoms with Gasteiger partial charge in [0.15, 0.2) is 0 Å². The second-order valence-electron chi connectivity index (χ2n) is 10.4. The minimum absolute atomic E-state index is 0.102. The largest absolute Gasteiger partial charge is 0.489 e. The third kappa shape index (κ3) is 6.23. The Morgan fingerprint density at radius 3 is 2.59 bits per heavy atom. The van der Waals surface area contributed by atoms with Gasteiger partial charge in [0.25, 0.3) is 0 Å². The van der Waals surface area contributed by atoms with E-state index < -0.39 is 5.97 Å². The Hall–Kier alpha value is -3.08. The van der Waals surface area contributed by atoms with Crippen molar-refractivity contribution in [3.8, 4) is 5.75 Å². The molecule has 5 rings (SSSR count). The highest BCUT2D eigenvalue weighted by atomic mass is 31.0. The number of alkyl halides is 1. The zero-order chi connectivity index (χ0) is 27.4. The predicted molar refractivity (Wildman–Crippen MR) is 155 cm³/mol.